The summed E-state index contributed by atoms with van der Waals surface area (Å²) in [6, 6.07) is 0. The Bertz CT molecular complexity index is 247. The zero-order valence-electron chi connectivity index (χ0n) is 12.1. The average Bonchev–Trinajstić information content (AvgIpc) is 2.27. The molecule has 0 aliphatic heterocycles. The van der Waals surface area contributed by atoms with Crippen LogP contribution >= 0.6 is 8.25 Å². The van der Waals surface area contributed by atoms with Gasteiger partial charge in [0.15, 0.2) is 13.5 Å². The lowest BCUT2D eigenvalue weighted by Gasteiger charge is -2.25. The van der Waals surface area contributed by atoms with Crippen molar-refractivity contribution in [3.8, 4) is 0 Å². The number of rotatable bonds is 10. The SMILES string of the molecule is CC(O)N(CO[P+](=O)OCN(C(C)O)C(C)O)C(C)O. The number of hydrogen-bond acceptors (Lipinski definition) is 9. The fourth-order valence-electron chi connectivity index (χ4n) is 1.32. The van der Waals surface area contributed by atoms with Crippen molar-refractivity contribution in [2.24, 2.45) is 0 Å². The van der Waals surface area contributed by atoms with E-state index in [4.69, 9.17) is 9.05 Å². The summed E-state index contributed by atoms with van der Waals surface area (Å²) in [5.74, 6) is 0. The van der Waals surface area contributed by atoms with Gasteiger partial charge in [0.1, 0.15) is 24.9 Å². The Kier molecular flexibility index (Phi) is 9.56. The molecule has 0 rings (SSSR count). The van der Waals surface area contributed by atoms with E-state index in [1.54, 1.807) is 0 Å². The highest BCUT2D eigenvalue weighted by molar-refractivity contribution is 7.33. The molecule has 0 aliphatic rings. The van der Waals surface area contributed by atoms with E-state index < -0.39 is 33.2 Å². The van der Waals surface area contributed by atoms with Gasteiger partial charge in [0.05, 0.1) is 0 Å². The third kappa shape index (κ3) is 7.53. The number of aliphatic hydroxyl groups is 4. The van der Waals surface area contributed by atoms with Crippen molar-refractivity contribution in [2.75, 3.05) is 13.5 Å². The van der Waals surface area contributed by atoms with Gasteiger partial charge in [-0.1, -0.05) is 0 Å². The van der Waals surface area contributed by atoms with E-state index in [1.807, 2.05) is 0 Å². The lowest BCUT2D eigenvalue weighted by molar-refractivity contribution is -0.125. The van der Waals surface area contributed by atoms with Gasteiger partial charge in [0, 0.05) is 4.57 Å². The van der Waals surface area contributed by atoms with E-state index in [2.05, 4.69) is 0 Å². The van der Waals surface area contributed by atoms with E-state index in [9.17, 15) is 25.0 Å². The Balaban J connectivity index is 4.17. The van der Waals surface area contributed by atoms with Crippen molar-refractivity contribution in [1.29, 1.82) is 0 Å². The summed E-state index contributed by atoms with van der Waals surface area (Å²) in [5, 5.41) is 37.3. The fourth-order valence-corrected chi connectivity index (χ4v) is 1.85. The first-order valence-corrected chi connectivity index (χ1v) is 7.23. The molecule has 0 spiro atoms. The fraction of sp³-hybridized carbons (Fsp3) is 1.00. The molecular formula is C10H24N2O7P+. The zero-order chi connectivity index (χ0) is 15.9. The van der Waals surface area contributed by atoms with Crippen LogP contribution in [0.5, 0.6) is 0 Å². The minimum Gasteiger partial charge on any atom is -0.379 e. The molecule has 0 saturated carbocycles. The molecule has 0 heterocycles. The highest BCUT2D eigenvalue weighted by Crippen LogP contribution is 2.25. The monoisotopic (exact) mass is 315 g/mol. The molecule has 0 aromatic rings. The minimum atomic E-state index is -2.52. The van der Waals surface area contributed by atoms with Crippen LogP contribution in [-0.2, 0) is 13.6 Å². The topological polar surface area (TPSA) is 123 Å². The predicted octanol–water partition coefficient (Wildman–Crippen LogP) is -0.451. The molecule has 0 aromatic carbocycles. The van der Waals surface area contributed by atoms with E-state index in [0.29, 0.717) is 0 Å². The molecule has 120 valence electrons. The summed E-state index contributed by atoms with van der Waals surface area (Å²) >= 11 is 0. The summed E-state index contributed by atoms with van der Waals surface area (Å²) < 4.78 is 21.1. The van der Waals surface area contributed by atoms with Crippen molar-refractivity contribution in [1.82, 2.24) is 9.80 Å². The van der Waals surface area contributed by atoms with Crippen molar-refractivity contribution in [3.05, 3.63) is 0 Å². The van der Waals surface area contributed by atoms with Crippen molar-refractivity contribution in [3.63, 3.8) is 0 Å². The van der Waals surface area contributed by atoms with Gasteiger partial charge >= 0.3 is 8.25 Å². The highest BCUT2D eigenvalue weighted by Gasteiger charge is 2.28. The number of nitrogens with zero attached hydrogens (tertiary/aromatic N) is 2. The Labute approximate surface area is 119 Å². The van der Waals surface area contributed by atoms with Crippen LogP contribution in [0.3, 0.4) is 0 Å². The molecule has 10 heteroatoms. The lowest BCUT2D eigenvalue weighted by Crippen LogP contribution is -2.41. The van der Waals surface area contributed by atoms with Crippen molar-refractivity contribution in [2.45, 2.75) is 52.6 Å². The van der Waals surface area contributed by atoms with E-state index in [-0.39, 0.29) is 13.5 Å². The molecule has 0 bridgehead atoms. The number of aliphatic hydroxyl groups excluding tert-OH is 4. The average molecular weight is 315 g/mol. The zero-order valence-corrected chi connectivity index (χ0v) is 13.0. The van der Waals surface area contributed by atoms with Crippen LogP contribution in [0.15, 0.2) is 0 Å². The standard InChI is InChI=1S/C10H24N2O7P/c1-7(13)11(8(2)14)5-18-20(17)19-6-12(9(3)15)10(4)16/h7-10,13-16H,5-6H2,1-4H3/q+1. The highest BCUT2D eigenvalue weighted by atomic mass is 31.1. The molecular weight excluding hydrogens is 291 g/mol. The molecule has 0 aromatic heterocycles. The summed E-state index contributed by atoms with van der Waals surface area (Å²) in [5.41, 5.74) is 0. The molecule has 20 heavy (non-hydrogen) atoms. The molecule has 9 nitrogen and oxygen atoms in total. The van der Waals surface area contributed by atoms with Crippen molar-refractivity contribution < 1.29 is 34.0 Å². The second-order valence-electron chi connectivity index (χ2n) is 4.30. The van der Waals surface area contributed by atoms with Gasteiger partial charge in [0.2, 0.25) is 0 Å². The van der Waals surface area contributed by atoms with Gasteiger partial charge in [-0.15, -0.1) is 9.05 Å². The Morgan fingerprint density at radius 1 is 0.800 bits per heavy atom. The molecule has 0 aliphatic carbocycles. The van der Waals surface area contributed by atoms with Gasteiger partial charge in [-0.3, -0.25) is 0 Å². The van der Waals surface area contributed by atoms with Gasteiger partial charge in [-0.25, -0.2) is 9.80 Å². The van der Waals surface area contributed by atoms with E-state index in [1.165, 1.54) is 27.7 Å². The molecule has 0 radical (unpaired) electrons. The summed E-state index contributed by atoms with van der Waals surface area (Å²) in [7, 11) is -2.52. The van der Waals surface area contributed by atoms with E-state index >= 15 is 0 Å². The van der Waals surface area contributed by atoms with Crippen LogP contribution < -0.4 is 0 Å². The predicted molar refractivity (Wildman–Crippen MR) is 69.9 cm³/mol. The molecule has 0 saturated heterocycles. The van der Waals surface area contributed by atoms with Gasteiger partial charge in [-0.05, 0) is 27.7 Å². The van der Waals surface area contributed by atoms with Gasteiger partial charge in [-0.2, -0.15) is 0 Å². The third-order valence-corrected chi connectivity index (χ3v) is 3.20. The lowest BCUT2D eigenvalue weighted by atomic mass is 10.5. The first kappa shape index (κ1) is 19.8. The molecule has 4 N–H and O–H groups in total. The molecule has 4 atom stereocenters. The normalized spacial score (nSPS) is 19.0. The Hall–Kier alpha value is -0.220. The van der Waals surface area contributed by atoms with Crippen LogP contribution in [0.4, 0.5) is 0 Å². The summed E-state index contributed by atoms with van der Waals surface area (Å²) in [6.07, 6.45) is -3.93. The maximum atomic E-state index is 11.5. The van der Waals surface area contributed by atoms with Crippen LogP contribution in [0.2, 0.25) is 0 Å². The second-order valence-corrected chi connectivity index (χ2v) is 5.26. The largest absolute Gasteiger partial charge is 0.700 e. The first-order chi connectivity index (χ1) is 9.16. The Morgan fingerprint density at radius 2 is 1.05 bits per heavy atom. The first-order valence-electron chi connectivity index (χ1n) is 6.13. The maximum Gasteiger partial charge on any atom is 0.700 e. The second kappa shape index (κ2) is 9.67. The summed E-state index contributed by atoms with van der Waals surface area (Å²) in [4.78, 5) is 2.27. The van der Waals surface area contributed by atoms with E-state index in [0.717, 1.165) is 9.80 Å². The smallest absolute Gasteiger partial charge is 0.379 e. The molecule has 0 fully saturated rings. The van der Waals surface area contributed by atoms with Crippen LogP contribution in [-0.4, -0.2) is 68.6 Å². The molecule has 4 unspecified atom stereocenters. The van der Waals surface area contributed by atoms with Crippen molar-refractivity contribution >= 4 is 8.25 Å². The van der Waals surface area contributed by atoms with Crippen LogP contribution in [0.1, 0.15) is 27.7 Å². The minimum absolute atomic E-state index is 0.298. The Morgan fingerprint density at radius 3 is 1.25 bits per heavy atom. The quantitative estimate of drug-likeness (QED) is 0.313. The number of hydrogen-bond donors (Lipinski definition) is 4. The summed E-state index contributed by atoms with van der Waals surface area (Å²) in [6.45, 7) is 5.10. The maximum absolute atomic E-state index is 11.5. The molecule has 0 amide bonds. The van der Waals surface area contributed by atoms with Crippen LogP contribution in [0.25, 0.3) is 0 Å². The van der Waals surface area contributed by atoms with Gasteiger partial charge in [0.25, 0.3) is 0 Å². The van der Waals surface area contributed by atoms with Crippen LogP contribution in [0, 0.1) is 0 Å². The third-order valence-electron chi connectivity index (χ3n) is 2.54. The van der Waals surface area contributed by atoms with Gasteiger partial charge < -0.3 is 20.4 Å².